The number of piperidine rings is 1. The zero-order valence-corrected chi connectivity index (χ0v) is 10.6. The zero-order chi connectivity index (χ0) is 12.1. The summed E-state index contributed by atoms with van der Waals surface area (Å²) in [5, 5.41) is 0. The molecule has 0 radical (unpaired) electrons. The standard InChI is InChI=1S/C12H24N2O2/c1-9(12(15)16-3)8-14-10(2)5-4-6-11(14)7-13/h9-11H,4-8,13H2,1-3H3. The van der Waals surface area contributed by atoms with Crippen molar-refractivity contribution < 1.29 is 9.53 Å². The monoisotopic (exact) mass is 228 g/mol. The number of likely N-dealkylation sites (tertiary alicyclic amines) is 1. The summed E-state index contributed by atoms with van der Waals surface area (Å²) in [6, 6.07) is 0.949. The molecule has 4 nitrogen and oxygen atoms in total. The lowest BCUT2D eigenvalue weighted by atomic mass is 9.95. The maximum atomic E-state index is 11.4. The number of hydrogen-bond donors (Lipinski definition) is 1. The second-order valence-corrected chi connectivity index (χ2v) is 4.79. The molecule has 0 saturated carbocycles. The van der Waals surface area contributed by atoms with Crippen molar-refractivity contribution >= 4 is 5.97 Å². The van der Waals surface area contributed by atoms with Crippen LogP contribution in [0.5, 0.6) is 0 Å². The van der Waals surface area contributed by atoms with Gasteiger partial charge >= 0.3 is 5.97 Å². The summed E-state index contributed by atoms with van der Waals surface area (Å²) in [7, 11) is 1.44. The Bertz CT molecular complexity index is 233. The fourth-order valence-electron chi connectivity index (χ4n) is 2.51. The topological polar surface area (TPSA) is 55.6 Å². The number of hydrogen-bond acceptors (Lipinski definition) is 4. The molecule has 0 bridgehead atoms. The number of ether oxygens (including phenoxy) is 1. The van der Waals surface area contributed by atoms with Crippen molar-refractivity contribution in [2.24, 2.45) is 11.7 Å². The molecular weight excluding hydrogens is 204 g/mol. The second kappa shape index (κ2) is 6.21. The van der Waals surface area contributed by atoms with E-state index in [1.807, 2.05) is 6.92 Å². The maximum absolute atomic E-state index is 11.4. The van der Waals surface area contributed by atoms with Gasteiger partial charge < -0.3 is 10.5 Å². The van der Waals surface area contributed by atoms with E-state index in [1.54, 1.807) is 0 Å². The van der Waals surface area contributed by atoms with Crippen LogP contribution in [0.4, 0.5) is 0 Å². The molecule has 0 aliphatic carbocycles. The summed E-state index contributed by atoms with van der Waals surface area (Å²) in [4.78, 5) is 13.8. The molecule has 94 valence electrons. The van der Waals surface area contributed by atoms with Gasteiger partial charge in [-0.2, -0.15) is 0 Å². The first-order chi connectivity index (χ1) is 7.60. The summed E-state index contributed by atoms with van der Waals surface area (Å²) in [6.45, 7) is 5.57. The van der Waals surface area contributed by atoms with Gasteiger partial charge in [0.05, 0.1) is 13.0 Å². The van der Waals surface area contributed by atoms with Gasteiger partial charge in [-0.05, 0) is 19.8 Å². The Morgan fingerprint density at radius 1 is 1.56 bits per heavy atom. The molecule has 0 spiro atoms. The molecule has 0 amide bonds. The normalized spacial score (nSPS) is 28.8. The van der Waals surface area contributed by atoms with E-state index in [0.29, 0.717) is 18.6 Å². The minimum absolute atomic E-state index is 0.0698. The van der Waals surface area contributed by atoms with Crippen LogP contribution in [0.25, 0.3) is 0 Å². The van der Waals surface area contributed by atoms with Crippen molar-refractivity contribution in [2.45, 2.75) is 45.2 Å². The lowest BCUT2D eigenvalue weighted by Gasteiger charge is -2.41. The molecule has 0 aromatic heterocycles. The number of carbonyl (C=O) groups excluding carboxylic acids is 1. The predicted molar refractivity (Wildman–Crippen MR) is 64.0 cm³/mol. The number of nitrogens with zero attached hydrogens (tertiary/aromatic N) is 1. The molecule has 1 heterocycles. The molecule has 1 saturated heterocycles. The second-order valence-electron chi connectivity index (χ2n) is 4.79. The predicted octanol–water partition coefficient (Wildman–Crippen LogP) is 0.997. The highest BCUT2D eigenvalue weighted by Crippen LogP contribution is 2.23. The van der Waals surface area contributed by atoms with Crippen LogP contribution in [-0.2, 0) is 9.53 Å². The van der Waals surface area contributed by atoms with Gasteiger partial charge in [0.1, 0.15) is 0 Å². The van der Waals surface area contributed by atoms with E-state index in [-0.39, 0.29) is 11.9 Å². The SMILES string of the molecule is COC(=O)C(C)CN1C(C)CCCC1CN. The number of rotatable bonds is 4. The van der Waals surface area contributed by atoms with Gasteiger partial charge in [0.25, 0.3) is 0 Å². The lowest BCUT2D eigenvalue weighted by Crippen LogP contribution is -2.51. The molecule has 3 atom stereocenters. The highest BCUT2D eigenvalue weighted by molar-refractivity contribution is 5.72. The lowest BCUT2D eigenvalue weighted by molar-refractivity contribution is -0.146. The summed E-state index contributed by atoms with van der Waals surface area (Å²) in [5.74, 6) is -0.201. The van der Waals surface area contributed by atoms with Crippen molar-refractivity contribution in [1.29, 1.82) is 0 Å². The van der Waals surface area contributed by atoms with E-state index >= 15 is 0 Å². The molecule has 0 aromatic rings. The molecular formula is C12H24N2O2. The molecule has 1 aliphatic heterocycles. The zero-order valence-electron chi connectivity index (χ0n) is 10.6. The smallest absolute Gasteiger partial charge is 0.309 e. The van der Waals surface area contributed by atoms with Crippen LogP contribution < -0.4 is 5.73 Å². The van der Waals surface area contributed by atoms with Crippen molar-refractivity contribution in [3.63, 3.8) is 0 Å². The van der Waals surface area contributed by atoms with Crippen LogP contribution in [0.2, 0.25) is 0 Å². The van der Waals surface area contributed by atoms with Gasteiger partial charge in [0.2, 0.25) is 0 Å². The molecule has 16 heavy (non-hydrogen) atoms. The number of carbonyl (C=O) groups is 1. The van der Waals surface area contributed by atoms with E-state index in [1.165, 1.54) is 20.0 Å². The fourth-order valence-corrected chi connectivity index (χ4v) is 2.51. The Morgan fingerprint density at radius 2 is 2.25 bits per heavy atom. The van der Waals surface area contributed by atoms with E-state index in [9.17, 15) is 4.79 Å². The largest absolute Gasteiger partial charge is 0.469 e. The third kappa shape index (κ3) is 3.19. The van der Waals surface area contributed by atoms with E-state index in [0.717, 1.165) is 13.0 Å². The number of methoxy groups -OCH3 is 1. The van der Waals surface area contributed by atoms with Crippen LogP contribution in [0.3, 0.4) is 0 Å². The minimum atomic E-state index is -0.131. The van der Waals surface area contributed by atoms with E-state index in [4.69, 9.17) is 10.5 Å². The summed E-state index contributed by atoms with van der Waals surface area (Å²) < 4.78 is 4.76. The summed E-state index contributed by atoms with van der Waals surface area (Å²) in [6.07, 6.45) is 3.59. The molecule has 4 heteroatoms. The molecule has 1 aliphatic rings. The Kier molecular flexibility index (Phi) is 5.22. The minimum Gasteiger partial charge on any atom is -0.469 e. The third-order valence-electron chi connectivity index (χ3n) is 3.55. The average Bonchev–Trinajstić information content (AvgIpc) is 2.30. The van der Waals surface area contributed by atoms with Gasteiger partial charge in [-0.25, -0.2) is 0 Å². The van der Waals surface area contributed by atoms with Crippen LogP contribution in [0, 0.1) is 5.92 Å². The fraction of sp³-hybridized carbons (Fsp3) is 0.917. The van der Waals surface area contributed by atoms with Crippen LogP contribution >= 0.6 is 0 Å². The van der Waals surface area contributed by atoms with Crippen molar-refractivity contribution in [2.75, 3.05) is 20.2 Å². The average molecular weight is 228 g/mol. The maximum Gasteiger partial charge on any atom is 0.309 e. The summed E-state index contributed by atoms with van der Waals surface area (Å²) in [5.41, 5.74) is 5.78. The van der Waals surface area contributed by atoms with Crippen LogP contribution in [-0.4, -0.2) is 43.2 Å². The van der Waals surface area contributed by atoms with E-state index < -0.39 is 0 Å². The molecule has 1 fully saturated rings. The van der Waals surface area contributed by atoms with Crippen LogP contribution in [0.15, 0.2) is 0 Å². The summed E-state index contributed by atoms with van der Waals surface area (Å²) >= 11 is 0. The molecule has 1 rings (SSSR count). The Hall–Kier alpha value is -0.610. The van der Waals surface area contributed by atoms with Gasteiger partial charge in [0.15, 0.2) is 0 Å². The number of nitrogens with two attached hydrogens (primary N) is 1. The van der Waals surface area contributed by atoms with Crippen molar-refractivity contribution in [3.05, 3.63) is 0 Å². The number of esters is 1. The Morgan fingerprint density at radius 3 is 2.81 bits per heavy atom. The Balaban J connectivity index is 2.57. The quantitative estimate of drug-likeness (QED) is 0.729. The van der Waals surface area contributed by atoms with Crippen molar-refractivity contribution in [1.82, 2.24) is 4.90 Å². The van der Waals surface area contributed by atoms with Gasteiger partial charge in [0, 0.05) is 25.2 Å². The van der Waals surface area contributed by atoms with Gasteiger partial charge in [-0.1, -0.05) is 13.3 Å². The van der Waals surface area contributed by atoms with Gasteiger partial charge in [-0.3, -0.25) is 9.69 Å². The molecule has 0 aromatic carbocycles. The van der Waals surface area contributed by atoms with Crippen molar-refractivity contribution in [3.8, 4) is 0 Å². The van der Waals surface area contributed by atoms with Gasteiger partial charge in [-0.15, -0.1) is 0 Å². The molecule has 3 unspecified atom stereocenters. The molecule has 2 N–H and O–H groups in total. The Labute approximate surface area is 98.1 Å². The first kappa shape index (κ1) is 13.5. The van der Waals surface area contributed by atoms with Crippen LogP contribution in [0.1, 0.15) is 33.1 Å². The highest BCUT2D eigenvalue weighted by atomic mass is 16.5. The first-order valence-electron chi connectivity index (χ1n) is 6.13. The highest BCUT2D eigenvalue weighted by Gasteiger charge is 2.29. The van der Waals surface area contributed by atoms with E-state index in [2.05, 4.69) is 11.8 Å². The first-order valence-corrected chi connectivity index (χ1v) is 6.13. The third-order valence-corrected chi connectivity index (χ3v) is 3.55.